The van der Waals surface area contributed by atoms with Crippen molar-refractivity contribution in [1.29, 1.82) is 0 Å². The second-order valence-electron chi connectivity index (χ2n) is 5.68. The van der Waals surface area contributed by atoms with Crippen LogP contribution >= 0.6 is 0 Å². The smallest absolute Gasteiger partial charge is 0.334 e. The van der Waals surface area contributed by atoms with E-state index in [0.29, 0.717) is 18.5 Å². The Morgan fingerprint density at radius 1 is 1.47 bits per heavy atom. The quantitative estimate of drug-likeness (QED) is 0.780. The molecule has 2 unspecified atom stereocenters. The van der Waals surface area contributed by atoms with E-state index in [4.69, 9.17) is 9.84 Å². The minimum Gasteiger partial charge on any atom is -0.479 e. The first kappa shape index (κ1) is 14.3. The van der Waals surface area contributed by atoms with Crippen LogP contribution in [0.25, 0.3) is 0 Å². The van der Waals surface area contributed by atoms with E-state index in [9.17, 15) is 9.59 Å². The van der Waals surface area contributed by atoms with Crippen LogP contribution < -0.4 is 0 Å². The summed E-state index contributed by atoms with van der Waals surface area (Å²) in [6, 6.07) is 0.525. The zero-order valence-corrected chi connectivity index (χ0v) is 11.5. The number of ether oxygens (including phenoxy) is 1. The third kappa shape index (κ3) is 3.45. The highest BCUT2D eigenvalue weighted by Crippen LogP contribution is 2.20. The molecular formula is C13H22N2O4. The van der Waals surface area contributed by atoms with Gasteiger partial charge in [0.2, 0.25) is 5.91 Å². The van der Waals surface area contributed by atoms with Crippen LogP contribution in [0.3, 0.4) is 0 Å². The zero-order valence-electron chi connectivity index (χ0n) is 11.5. The molecule has 2 atom stereocenters. The fourth-order valence-electron chi connectivity index (χ4n) is 2.74. The lowest BCUT2D eigenvalue weighted by Gasteiger charge is -2.32. The first-order valence-electron chi connectivity index (χ1n) is 6.83. The molecule has 2 rings (SSSR count). The fraction of sp³-hybridized carbons (Fsp3) is 0.846. The molecule has 6 heteroatoms. The van der Waals surface area contributed by atoms with Crippen molar-refractivity contribution in [2.24, 2.45) is 5.92 Å². The van der Waals surface area contributed by atoms with E-state index in [1.165, 1.54) is 0 Å². The van der Waals surface area contributed by atoms with Crippen LogP contribution in [-0.2, 0) is 14.3 Å². The van der Waals surface area contributed by atoms with Gasteiger partial charge in [0.25, 0.3) is 0 Å². The van der Waals surface area contributed by atoms with Gasteiger partial charge in [-0.1, -0.05) is 0 Å². The van der Waals surface area contributed by atoms with Crippen molar-refractivity contribution in [2.75, 3.05) is 32.8 Å². The molecule has 1 amide bonds. The molecule has 0 radical (unpaired) electrons. The van der Waals surface area contributed by atoms with Gasteiger partial charge in [0.05, 0.1) is 6.54 Å². The fourth-order valence-corrected chi connectivity index (χ4v) is 2.74. The molecule has 0 aliphatic carbocycles. The van der Waals surface area contributed by atoms with E-state index < -0.39 is 12.1 Å². The van der Waals surface area contributed by atoms with E-state index in [0.717, 1.165) is 19.5 Å². The predicted molar refractivity (Wildman–Crippen MR) is 68.8 cm³/mol. The van der Waals surface area contributed by atoms with E-state index in [1.807, 2.05) is 0 Å². The van der Waals surface area contributed by atoms with Crippen molar-refractivity contribution in [1.82, 2.24) is 9.80 Å². The largest absolute Gasteiger partial charge is 0.479 e. The van der Waals surface area contributed by atoms with Crippen molar-refractivity contribution in [3.05, 3.63) is 0 Å². The van der Waals surface area contributed by atoms with E-state index in [1.54, 1.807) is 4.90 Å². The molecule has 0 aromatic carbocycles. The molecule has 108 valence electrons. The molecule has 0 aromatic heterocycles. The molecule has 2 saturated heterocycles. The Morgan fingerprint density at radius 3 is 2.79 bits per heavy atom. The number of carbonyl (C=O) groups excluding carboxylic acids is 1. The normalized spacial score (nSPS) is 29.2. The highest BCUT2D eigenvalue weighted by molar-refractivity contribution is 5.81. The minimum atomic E-state index is -0.993. The Hall–Kier alpha value is -1.14. The average molecular weight is 270 g/mol. The Kier molecular flexibility index (Phi) is 4.42. The number of amides is 1. The SMILES string of the molecule is CC(C)N1CCC(CN2CC(C(=O)O)OCC2=O)C1. The van der Waals surface area contributed by atoms with Crippen LogP contribution in [0.1, 0.15) is 20.3 Å². The minimum absolute atomic E-state index is 0.0968. The van der Waals surface area contributed by atoms with Gasteiger partial charge in [0.1, 0.15) is 6.61 Å². The lowest BCUT2D eigenvalue weighted by Crippen LogP contribution is -2.51. The highest BCUT2D eigenvalue weighted by atomic mass is 16.5. The van der Waals surface area contributed by atoms with Gasteiger partial charge >= 0.3 is 5.97 Å². The number of hydrogen-bond donors (Lipinski definition) is 1. The van der Waals surface area contributed by atoms with Gasteiger partial charge in [-0.3, -0.25) is 4.79 Å². The number of likely N-dealkylation sites (tertiary alicyclic amines) is 1. The van der Waals surface area contributed by atoms with Gasteiger partial charge < -0.3 is 19.6 Å². The zero-order chi connectivity index (χ0) is 14.0. The first-order valence-corrected chi connectivity index (χ1v) is 6.83. The Labute approximate surface area is 113 Å². The van der Waals surface area contributed by atoms with Gasteiger partial charge in [-0.2, -0.15) is 0 Å². The molecule has 2 heterocycles. The number of aliphatic carboxylic acids is 1. The summed E-state index contributed by atoms with van der Waals surface area (Å²) in [4.78, 5) is 26.7. The maximum Gasteiger partial charge on any atom is 0.334 e. The Balaban J connectivity index is 1.87. The van der Waals surface area contributed by atoms with Gasteiger partial charge in [-0.15, -0.1) is 0 Å². The van der Waals surface area contributed by atoms with Gasteiger partial charge in [-0.25, -0.2) is 4.79 Å². The van der Waals surface area contributed by atoms with E-state index in [-0.39, 0.29) is 19.1 Å². The summed E-state index contributed by atoms with van der Waals surface area (Å²) in [7, 11) is 0. The summed E-state index contributed by atoms with van der Waals surface area (Å²) in [5.74, 6) is -0.646. The molecule has 6 nitrogen and oxygen atoms in total. The van der Waals surface area contributed by atoms with Gasteiger partial charge in [0, 0.05) is 19.1 Å². The Bertz CT molecular complexity index is 359. The number of carbonyl (C=O) groups is 2. The third-order valence-electron chi connectivity index (χ3n) is 3.95. The van der Waals surface area contributed by atoms with Crippen LogP contribution in [0.5, 0.6) is 0 Å². The first-order chi connectivity index (χ1) is 8.97. The molecule has 19 heavy (non-hydrogen) atoms. The summed E-state index contributed by atoms with van der Waals surface area (Å²) in [6.45, 7) is 7.09. The molecule has 1 N–H and O–H groups in total. The Morgan fingerprint density at radius 2 is 2.21 bits per heavy atom. The molecular weight excluding hydrogens is 248 g/mol. The highest BCUT2D eigenvalue weighted by Gasteiger charge is 2.34. The second-order valence-corrected chi connectivity index (χ2v) is 5.68. The van der Waals surface area contributed by atoms with Crippen LogP contribution in [0, 0.1) is 5.92 Å². The predicted octanol–water partition coefficient (Wildman–Crippen LogP) is 0.0287. The molecule has 0 saturated carbocycles. The summed E-state index contributed by atoms with van der Waals surface area (Å²) < 4.78 is 5.00. The maximum absolute atomic E-state index is 11.8. The van der Waals surface area contributed by atoms with Crippen LogP contribution in [0.4, 0.5) is 0 Å². The monoisotopic (exact) mass is 270 g/mol. The third-order valence-corrected chi connectivity index (χ3v) is 3.95. The van der Waals surface area contributed by atoms with Crippen molar-refractivity contribution in [2.45, 2.75) is 32.4 Å². The lowest BCUT2D eigenvalue weighted by atomic mass is 10.1. The number of hydrogen-bond acceptors (Lipinski definition) is 4. The van der Waals surface area contributed by atoms with Crippen molar-refractivity contribution >= 4 is 11.9 Å². The van der Waals surface area contributed by atoms with Gasteiger partial charge in [-0.05, 0) is 32.7 Å². The number of morpholine rings is 1. The lowest BCUT2D eigenvalue weighted by molar-refractivity contribution is -0.165. The molecule has 0 aromatic rings. The number of rotatable bonds is 4. The van der Waals surface area contributed by atoms with Crippen LogP contribution in [-0.4, -0.2) is 71.7 Å². The van der Waals surface area contributed by atoms with Crippen molar-refractivity contribution in [3.63, 3.8) is 0 Å². The molecule has 2 fully saturated rings. The average Bonchev–Trinajstić information content (AvgIpc) is 2.80. The summed E-state index contributed by atoms with van der Waals surface area (Å²) in [5.41, 5.74) is 0. The summed E-state index contributed by atoms with van der Waals surface area (Å²) in [5, 5.41) is 8.95. The van der Waals surface area contributed by atoms with Crippen LogP contribution in [0.2, 0.25) is 0 Å². The molecule has 0 bridgehead atoms. The number of carboxylic acid groups (broad SMARTS) is 1. The molecule has 2 aliphatic rings. The van der Waals surface area contributed by atoms with E-state index >= 15 is 0 Å². The maximum atomic E-state index is 11.8. The van der Waals surface area contributed by atoms with Crippen LogP contribution in [0.15, 0.2) is 0 Å². The van der Waals surface area contributed by atoms with Crippen molar-refractivity contribution in [3.8, 4) is 0 Å². The second kappa shape index (κ2) is 5.88. The molecule has 0 spiro atoms. The van der Waals surface area contributed by atoms with Gasteiger partial charge in [0.15, 0.2) is 6.10 Å². The van der Waals surface area contributed by atoms with E-state index in [2.05, 4.69) is 18.7 Å². The molecule has 2 aliphatic heterocycles. The summed E-state index contributed by atoms with van der Waals surface area (Å²) >= 11 is 0. The number of nitrogens with zero attached hydrogens (tertiary/aromatic N) is 2. The van der Waals surface area contributed by atoms with Crippen molar-refractivity contribution < 1.29 is 19.4 Å². The summed E-state index contributed by atoms with van der Waals surface area (Å²) in [6.07, 6.45) is 0.195. The standard InChI is InChI=1S/C13H22N2O4/c1-9(2)14-4-3-10(5-14)6-15-7-11(13(17)18)19-8-12(15)16/h9-11H,3-8H2,1-2H3,(H,17,18). The topological polar surface area (TPSA) is 70.1 Å². The number of carboxylic acids is 1.